The number of aliphatic hydroxyl groups excluding tert-OH is 1. The van der Waals surface area contributed by atoms with Gasteiger partial charge in [-0.15, -0.1) is 0 Å². The largest absolute Gasteiger partial charge is 0.480 e. The number of fused-ring (bicyclic) bond motifs is 2. The van der Waals surface area contributed by atoms with Crippen LogP contribution in [0.15, 0.2) is 42.6 Å². The highest BCUT2D eigenvalue weighted by Crippen LogP contribution is 2.54. The monoisotopic (exact) mass is 528 g/mol. The molecule has 0 radical (unpaired) electrons. The van der Waals surface area contributed by atoms with E-state index in [9.17, 15) is 9.90 Å². The number of carbonyl (C=O) groups excluding carboxylic acids is 1. The summed E-state index contributed by atoms with van der Waals surface area (Å²) in [7, 11) is 0. The number of carbonyl (C=O) groups is 1. The molecule has 0 spiro atoms. The summed E-state index contributed by atoms with van der Waals surface area (Å²) in [6.07, 6.45) is 1.85. The van der Waals surface area contributed by atoms with Crippen LogP contribution in [0.2, 0.25) is 5.02 Å². The fraction of sp³-hybridized carbons (Fsp3) is 0.407. The van der Waals surface area contributed by atoms with Gasteiger partial charge in [-0.1, -0.05) is 41.9 Å². The summed E-state index contributed by atoms with van der Waals surface area (Å²) in [5.74, 6) is -3.32. The number of nitrogens with zero attached hydrogens (tertiary/aromatic N) is 2. The molecule has 3 aromatic rings. The summed E-state index contributed by atoms with van der Waals surface area (Å²) in [5, 5.41) is 12.8. The van der Waals surface area contributed by atoms with E-state index in [-0.39, 0.29) is 47.0 Å². The molecule has 3 unspecified atom stereocenters. The molecule has 3 aliphatic rings. The topological polar surface area (TPSA) is 102 Å². The van der Waals surface area contributed by atoms with Gasteiger partial charge < -0.3 is 25.5 Å². The van der Waals surface area contributed by atoms with Gasteiger partial charge in [0.2, 0.25) is 5.91 Å². The normalized spacial score (nSPS) is 28.5. The van der Waals surface area contributed by atoms with Crippen molar-refractivity contribution in [3.05, 3.63) is 81.6 Å². The van der Waals surface area contributed by atoms with Crippen molar-refractivity contribution in [2.45, 2.75) is 56.1 Å². The maximum atomic E-state index is 16.3. The average Bonchev–Trinajstić information content (AvgIpc) is 3.65. The molecule has 4 heterocycles. The molecular weight excluding hydrogens is 502 g/mol. The number of aliphatic hydroxyl groups is 1. The highest BCUT2D eigenvalue weighted by atomic mass is 35.5. The number of primary amides is 1. The van der Waals surface area contributed by atoms with Crippen LogP contribution in [0.4, 0.5) is 8.78 Å². The van der Waals surface area contributed by atoms with Crippen molar-refractivity contribution in [2.24, 2.45) is 11.7 Å². The number of ether oxygens (including phenoxy) is 1. The van der Waals surface area contributed by atoms with Gasteiger partial charge in [-0.3, -0.25) is 4.79 Å². The molecule has 5 atom stereocenters. The Labute approximate surface area is 217 Å². The molecule has 3 aliphatic heterocycles. The average molecular weight is 529 g/mol. The molecule has 0 aliphatic carbocycles. The molecule has 0 saturated carbocycles. The van der Waals surface area contributed by atoms with E-state index < -0.39 is 35.3 Å². The lowest BCUT2D eigenvalue weighted by Crippen LogP contribution is -2.49. The van der Waals surface area contributed by atoms with Crippen LogP contribution in [0.3, 0.4) is 0 Å². The molecule has 10 heteroatoms. The fourth-order valence-corrected chi connectivity index (χ4v) is 6.66. The Morgan fingerprint density at radius 3 is 2.81 bits per heavy atom. The second-order valence-electron chi connectivity index (χ2n) is 10.1. The fourth-order valence-electron chi connectivity index (χ4n) is 6.37. The molecular formula is C27H27ClF2N4O3. The van der Waals surface area contributed by atoms with Gasteiger partial charge in [0.15, 0.2) is 11.8 Å². The van der Waals surface area contributed by atoms with Crippen LogP contribution in [0.1, 0.15) is 53.1 Å². The van der Waals surface area contributed by atoms with Gasteiger partial charge in [0, 0.05) is 36.7 Å². The number of amides is 1. The van der Waals surface area contributed by atoms with Crippen LogP contribution in [-0.2, 0) is 30.0 Å². The molecule has 0 bridgehead atoms. The summed E-state index contributed by atoms with van der Waals surface area (Å²) in [5.41, 5.74) is 6.88. The van der Waals surface area contributed by atoms with Crippen molar-refractivity contribution >= 4 is 17.5 Å². The number of halogens is 3. The molecule has 1 amide bonds. The van der Waals surface area contributed by atoms with Crippen molar-refractivity contribution < 1.29 is 23.4 Å². The maximum absolute atomic E-state index is 16.3. The molecule has 37 heavy (non-hydrogen) atoms. The van der Waals surface area contributed by atoms with Gasteiger partial charge in [0.1, 0.15) is 17.4 Å². The number of benzene rings is 2. The van der Waals surface area contributed by atoms with Gasteiger partial charge in [0.25, 0.3) is 0 Å². The minimum absolute atomic E-state index is 0.0409. The first-order valence-corrected chi connectivity index (χ1v) is 12.8. The summed E-state index contributed by atoms with van der Waals surface area (Å²) in [6, 6.07) is 10.9. The van der Waals surface area contributed by atoms with Crippen molar-refractivity contribution in [1.29, 1.82) is 0 Å². The van der Waals surface area contributed by atoms with E-state index in [0.29, 0.717) is 12.0 Å². The van der Waals surface area contributed by atoms with Gasteiger partial charge in [-0.25, -0.2) is 13.8 Å². The second kappa shape index (κ2) is 9.08. The molecule has 7 nitrogen and oxygen atoms in total. The van der Waals surface area contributed by atoms with Gasteiger partial charge in [-0.05, 0) is 30.5 Å². The smallest absolute Gasteiger partial charge is 0.223 e. The maximum Gasteiger partial charge on any atom is 0.223 e. The summed E-state index contributed by atoms with van der Waals surface area (Å²) in [4.78, 5) is 16.8. The highest BCUT2D eigenvalue weighted by molar-refractivity contribution is 6.31. The van der Waals surface area contributed by atoms with Crippen LogP contribution in [-0.4, -0.2) is 33.2 Å². The van der Waals surface area contributed by atoms with Crippen LogP contribution >= 0.6 is 11.6 Å². The number of hydrogen-bond acceptors (Lipinski definition) is 5. The minimum atomic E-state index is -1.80. The first-order valence-electron chi connectivity index (χ1n) is 12.4. The Bertz CT molecular complexity index is 1360. The van der Waals surface area contributed by atoms with Crippen LogP contribution in [0.5, 0.6) is 5.75 Å². The Morgan fingerprint density at radius 2 is 2.14 bits per heavy atom. The van der Waals surface area contributed by atoms with Crippen LogP contribution in [0.25, 0.3) is 0 Å². The lowest BCUT2D eigenvalue weighted by molar-refractivity contribution is -0.124. The zero-order chi connectivity index (χ0) is 25.9. The quantitative estimate of drug-likeness (QED) is 0.469. The van der Waals surface area contributed by atoms with E-state index in [0.717, 1.165) is 24.9 Å². The zero-order valence-electron chi connectivity index (χ0n) is 20.0. The van der Waals surface area contributed by atoms with Crippen molar-refractivity contribution in [3.63, 3.8) is 0 Å². The molecule has 194 valence electrons. The predicted molar refractivity (Wildman–Crippen MR) is 132 cm³/mol. The highest BCUT2D eigenvalue weighted by Gasteiger charge is 2.52. The third kappa shape index (κ3) is 3.74. The Morgan fingerprint density at radius 1 is 1.35 bits per heavy atom. The Hall–Kier alpha value is -3.01. The Balaban J connectivity index is 1.52. The minimum Gasteiger partial charge on any atom is -0.480 e. The number of nitrogens with one attached hydrogen (secondary N) is 1. The second-order valence-corrected chi connectivity index (χ2v) is 10.5. The van der Waals surface area contributed by atoms with Crippen molar-refractivity contribution in [3.8, 4) is 5.75 Å². The zero-order valence-corrected chi connectivity index (χ0v) is 20.7. The van der Waals surface area contributed by atoms with Crippen molar-refractivity contribution in [1.82, 2.24) is 14.9 Å². The first-order chi connectivity index (χ1) is 17.8. The lowest BCUT2D eigenvalue weighted by atomic mass is 9.74. The number of rotatable bonds is 5. The van der Waals surface area contributed by atoms with Gasteiger partial charge >= 0.3 is 0 Å². The van der Waals surface area contributed by atoms with Crippen LogP contribution < -0.4 is 15.8 Å². The number of alkyl halides is 1. The van der Waals surface area contributed by atoms with E-state index in [1.807, 2.05) is 30.3 Å². The van der Waals surface area contributed by atoms with Gasteiger partial charge in [-0.2, -0.15) is 0 Å². The third-order valence-corrected chi connectivity index (χ3v) is 8.43. The molecule has 1 aromatic heterocycles. The standard InChI is InChI=1S/C27H27ClF2N4O3/c28-23-18(29)9-19-16(10-27(37-19,20-7-4-8-32-20)14-5-2-1-3-6-14)21(23)22-17(25(31)36)12-34-11-15(13-35)33-26(34)24(22)30/h1-3,5-6,9,11,17,20,22,24,32,35H,4,7-8,10,12-13H2,(H2,31,36)/t17?,20-,22?,24?,27-/m0/s1. The predicted octanol–water partition coefficient (Wildman–Crippen LogP) is 3.66. The Kier molecular flexibility index (Phi) is 5.97. The molecule has 6 rings (SSSR count). The van der Waals surface area contributed by atoms with Gasteiger partial charge in [0.05, 0.1) is 29.3 Å². The lowest BCUT2D eigenvalue weighted by Gasteiger charge is -2.36. The SMILES string of the molecule is NC(=O)C1Cn2cc(CO)nc2C(F)C1c1c(Cl)c(F)cc2c1C[C@](c1ccccc1)([C@@H]1CCCN1)O2. The van der Waals surface area contributed by atoms with E-state index in [1.54, 1.807) is 0 Å². The molecule has 1 fully saturated rings. The summed E-state index contributed by atoms with van der Waals surface area (Å²) >= 11 is 6.57. The first kappa shape index (κ1) is 24.3. The van der Waals surface area contributed by atoms with E-state index in [1.165, 1.54) is 16.8 Å². The number of hydrogen-bond donors (Lipinski definition) is 3. The van der Waals surface area contributed by atoms with E-state index in [4.69, 9.17) is 22.1 Å². The third-order valence-electron chi connectivity index (χ3n) is 8.05. The molecule has 4 N–H and O–H groups in total. The van der Waals surface area contributed by atoms with Crippen LogP contribution in [0, 0.1) is 11.7 Å². The van der Waals surface area contributed by atoms with E-state index >= 15 is 8.78 Å². The summed E-state index contributed by atoms with van der Waals surface area (Å²) in [6.45, 7) is 0.492. The van der Waals surface area contributed by atoms with E-state index in [2.05, 4.69) is 10.3 Å². The summed E-state index contributed by atoms with van der Waals surface area (Å²) < 4.78 is 39.7. The number of aromatic nitrogens is 2. The molecule has 1 saturated heterocycles. The number of imidazole rings is 1. The molecule has 2 aromatic carbocycles. The van der Waals surface area contributed by atoms with Crippen molar-refractivity contribution in [2.75, 3.05) is 6.54 Å². The number of nitrogens with two attached hydrogens (primary N) is 1.